The Bertz CT molecular complexity index is 750. The summed E-state index contributed by atoms with van der Waals surface area (Å²) in [6.07, 6.45) is 5.44. The second-order valence-corrected chi connectivity index (χ2v) is 7.39. The van der Waals surface area contributed by atoms with Crippen LogP contribution in [0.4, 0.5) is 10.6 Å². The second kappa shape index (κ2) is 8.33. The Labute approximate surface area is 154 Å². The molecule has 0 aliphatic rings. The number of hydrogen-bond donors (Lipinski definition) is 1. The van der Waals surface area contributed by atoms with E-state index in [1.807, 2.05) is 20.8 Å². The molecule has 0 aromatic carbocycles. The van der Waals surface area contributed by atoms with Gasteiger partial charge in [-0.2, -0.15) is 0 Å². The predicted molar refractivity (Wildman–Crippen MR) is 102 cm³/mol. The number of aryl methyl sites for hydroxylation is 1. The summed E-state index contributed by atoms with van der Waals surface area (Å²) < 4.78 is 1.41. The summed E-state index contributed by atoms with van der Waals surface area (Å²) in [7, 11) is 0. The van der Waals surface area contributed by atoms with Gasteiger partial charge in [-0.3, -0.25) is 0 Å². The van der Waals surface area contributed by atoms with Gasteiger partial charge in [-0.05, 0) is 33.6 Å². The summed E-state index contributed by atoms with van der Waals surface area (Å²) in [5.74, 6) is 0.910. The highest BCUT2D eigenvalue weighted by Gasteiger charge is 2.29. The fraction of sp³-hybridized carbons (Fsp3) is 0.667. The number of aromatic nitrogens is 4. The lowest BCUT2D eigenvalue weighted by molar-refractivity contribution is 0.0601. The monoisotopic (exact) mass is 362 g/mol. The number of nitrogens with two attached hydrogens (primary N) is 1. The Kier molecular flexibility index (Phi) is 6.39. The van der Waals surface area contributed by atoms with Crippen LogP contribution in [-0.4, -0.2) is 42.8 Å². The van der Waals surface area contributed by atoms with E-state index in [1.54, 1.807) is 4.90 Å². The molecule has 2 heterocycles. The number of nitrogen functional groups attached to an aromatic ring is 1. The lowest BCUT2D eigenvalue weighted by Gasteiger charge is -2.34. The molecule has 0 spiro atoms. The van der Waals surface area contributed by atoms with Gasteiger partial charge in [-0.15, -0.1) is 4.73 Å². The molecular weight excluding hydrogens is 332 g/mol. The number of amides is 1. The molecule has 144 valence electrons. The highest BCUT2D eigenvalue weighted by Crippen LogP contribution is 2.20. The van der Waals surface area contributed by atoms with Gasteiger partial charge in [-0.1, -0.05) is 26.7 Å². The maximum atomic E-state index is 12.9. The van der Waals surface area contributed by atoms with E-state index in [0.717, 1.165) is 25.7 Å². The summed E-state index contributed by atoms with van der Waals surface area (Å²) in [5, 5.41) is 0. The normalized spacial score (nSPS) is 11.7. The molecule has 0 saturated heterocycles. The zero-order valence-corrected chi connectivity index (χ0v) is 16.4. The summed E-state index contributed by atoms with van der Waals surface area (Å²) in [4.78, 5) is 33.1. The van der Waals surface area contributed by atoms with Gasteiger partial charge < -0.3 is 15.5 Å². The van der Waals surface area contributed by atoms with Crippen molar-refractivity contribution < 1.29 is 9.63 Å². The molecule has 2 aromatic rings. The van der Waals surface area contributed by atoms with Crippen molar-refractivity contribution in [1.29, 1.82) is 0 Å². The van der Waals surface area contributed by atoms with Crippen molar-refractivity contribution in [3.05, 3.63) is 12.2 Å². The molecule has 0 radical (unpaired) electrons. The van der Waals surface area contributed by atoms with Crippen molar-refractivity contribution in [3.8, 4) is 0 Å². The van der Waals surface area contributed by atoms with Gasteiger partial charge in [0.15, 0.2) is 11.3 Å². The third kappa shape index (κ3) is 4.42. The second-order valence-electron chi connectivity index (χ2n) is 7.39. The number of anilines is 1. The van der Waals surface area contributed by atoms with Crippen molar-refractivity contribution in [2.45, 2.75) is 72.3 Å². The van der Waals surface area contributed by atoms with E-state index in [0.29, 0.717) is 30.0 Å². The van der Waals surface area contributed by atoms with E-state index >= 15 is 0 Å². The van der Waals surface area contributed by atoms with Crippen LogP contribution in [0.15, 0.2) is 6.33 Å². The molecule has 2 aromatic heterocycles. The SMILES string of the molecule is CCCCc1nc2c(N)ncnc2n1OC(=O)N(CCCC)C(C)(C)C. The summed E-state index contributed by atoms with van der Waals surface area (Å²) in [6, 6.07) is 0. The predicted octanol–water partition coefficient (Wildman–Crippen LogP) is 3.20. The molecule has 0 aliphatic carbocycles. The van der Waals surface area contributed by atoms with Crippen molar-refractivity contribution in [2.24, 2.45) is 0 Å². The number of carbonyl (C=O) groups is 1. The number of rotatable bonds is 7. The minimum atomic E-state index is -0.416. The average molecular weight is 362 g/mol. The summed E-state index contributed by atoms with van der Waals surface area (Å²) >= 11 is 0. The minimum Gasteiger partial charge on any atom is -0.382 e. The van der Waals surface area contributed by atoms with Crippen molar-refractivity contribution >= 4 is 23.1 Å². The van der Waals surface area contributed by atoms with Gasteiger partial charge in [0.2, 0.25) is 5.65 Å². The number of carbonyl (C=O) groups excluding carboxylic acids is 1. The van der Waals surface area contributed by atoms with Crippen LogP contribution < -0.4 is 10.6 Å². The molecule has 0 saturated carbocycles. The van der Waals surface area contributed by atoms with E-state index in [2.05, 4.69) is 28.8 Å². The van der Waals surface area contributed by atoms with Crippen LogP contribution in [0.25, 0.3) is 11.2 Å². The van der Waals surface area contributed by atoms with Gasteiger partial charge in [0, 0.05) is 18.5 Å². The fourth-order valence-electron chi connectivity index (χ4n) is 2.67. The molecule has 0 fully saturated rings. The standard InChI is InChI=1S/C18H30N6O2/c1-6-8-10-13-22-14-15(19)20-12-21-16(14)24(13)26-17(25)23(11-9-7-2)18(3,4)5/h12H,6-11H2,1-5H3,(H2,19,20,21). The van der Waals surface area contributed by atoms with Gasteiger partial charge >= 0.3 is 6.09 Å². The molecule has 26 heavy (non-hydrogen) atoms. The topological polar surface area (TPSA) is 99.2 Å². The first kappa shape index (κ1) is 19.9. The molecule has 0 bridgehead atoms. The molecule has 0 aliphatic heterocycles. The highest BCUT2D eigenvalue weighted by atomic mass is 16.7. The van der Waals surface area contributed by atoms with Crippen LogP contribution in [0.2, 0.25) is 0 Å². The van der Waals surface area contributed by atoms with Gasteiger partial charge in [0.05, 0.1) is 0 Å². The molecule has 2 N–H and O–H groups in total. The molecule has 0 atom stereocenters. The zero-order chi connectivity index (χ0) is 19.3. The highest BCUT2D eigenvalue weighted by molar-refractivity contribution is 5.82. The van der Waals surface area contributed by atoms with E-state index in [-0.39, 0.29) is 11.4 Å². The number of imidazole rings is 1. The number of nitrogens with zero attached hydrogens (tertiary/aromatic N) is 5. The Morgan fingerprint density at radius 3 is 2.54 bits per heavy atom. The van der Waals surface area contributed by atoms with Crippen LogP contribution in [0.1, 0.15) is 66.1 Å². The molecule has 8 nitrogen and oxygen atoms in total. The van der Waals surface area contributed by atoms with Gasteiger partial charge in [0.25, 0.3) is 0 Å². The van der Waals surface area contributed by atoms with Crippen molar-refractivity contribution in [1.82, 2.24) is 24.6 Å². The lowest BCUT2D eigenvalue weighted by Crippen LogP contribution is -2.49. The minimum absolute atomic E-state index is 0.279. The Morgan fingerprint density at radius 1 is 1.23 bits per heavy atom. The van der Waals surface area contributed by atoms with Gasteiger partial charge in [0.1, 0.15) is 12.2 Å². The number of unbranched alkanes of at least 4 members (excludes halogenated alkanes) is 2. The van der Waals surface area contributed by atoms with Crippen LogP contribution >= 0.6 is 0 Å². The van der Waals surface area contributed by atoms with Crippen LogP contribution in [-0.2, 0) is 6.42 Å². The maximum absolute atomic E-state index is 12.9. The van der Waals surface area contributed by atoms with Crippen molar-refractivity contribution in [2.75, 3.05) is 12.3 Å². The smallest absolute Gasteiger partial charge is 0.382 e. The molecule has 2 rings (SSSR count). The Balaban J connectivity index is 2.38. The third-order valence-corrected chi connectivity index (χ3v) is 4.19. The largest absolute Gasteiger partial charge is 0.435 e. The van der Waals surface area contributed by atoms with Crippen LogP contribution in [0.3, 0.4) is 0 Å². The van der Waals surface area contributed by atoms with Crippen molar-refractivity contribution in [3.63, 3.8) is 0 Å². The quantitative estimate of drug-likeness (QED) is 0.812. The lowest BCUT2D eigenvalue weighted by atomic mass is 10.1. The van der Waals surface area contributed by atoms with E-state index < -0.39 is 6.09 Å². The molecule has 1 amide bonds. The van der Waals surface area contributed by atoms with E-state index in [1.165, 1.54) is 11.1 Å². The Morgan fingerprint density at radius 2 is 1.92 bits per heavy atom. The zero-order valence-electron chi connectivity index (χ0n) is 16.4. The molecule has 0 unspecified atom stereocenters. The summed E-state index contributed by atoms with van der Waals surface area (Å²) in [5.41, 5.74) is 6.45. The Hall–Kier alpha value is -2.38. The van der Waals surface area contributed by atoms with E-state index in [4.69, 9.17) is 10.6 Å². The fourth-order valence-corrected chi connectivity index (χ4v) is 2.67. The average Bonchev–Trinajstić information content (AvgIpc) is 2.91. The number of fused-ring (bicyclic) bond motifs is 1. The first-order valence-corrected chi connectivity index (χ1v) is 9.27. The maximum Gasteiger partial charge on any atom is 0.435 e. The van der Waals surface area contributed by atoms with Crippen LogP contribution in [0.5, 0.6) is 0 Å². The molecule has 8 heteroatoms. The third-order valence-electron chi connectivity index (χ3n) is 4.19. The van der Waals surface area contributed by atoms with Crippen LogP contribution in [0, 0.1) is 0 Å². The van der Waals surface area contributed by atoms with E-state index in [9.17, 15) is 4.79 Å². The molecular formula is C18H30N6O2. The summed E-state index contributed by atoms with van der Waals surface area (Å²) in [6.45, 7) is 10.8. The number of hydrogen-bond acceptors (Lipinski definition) is 6. The first-order valence-electron chi connectivity index (χ1n) is 9.27. The van der Waals surface area contributed by atoms with Gasteiger partial charge in [-0.25, -0.2) is 19.7 Å². The first-order chi connectivity index (χ1) is 12.3.